The van der Waals surface area contributed by atoms with Crippen LogP contribution in [0.5, 0.6) is 0 Å². The maximum absolute atomic E-state index is 11.2. The molecule has 0 bridgehead atoms. The van der Waals surface area contributed by atoms with Gasteiger partial charge in [-0.3, -0.25) is 9.59 Å². The van der Waals surface area contributed by atoms with Crippen LogP contribution in [0.3, 0.4) is 0 Å². The van der Waals surface area contributed by atoms with E-state index in [4.69, 9.17) is 16.3 Å². The van der Waals surface area contributed by atoms with Crippen molar-refractivity contribution in [3.63, 3.8) is 0 Å². The number of ether oxygens (including phenoxy) is 2. The molecule has 0 N–H and O–H groups in total. The highest BCUT2D eigenvalue weighted by Crippen LogP contribution is 2.13. The van der Waals surface area contributed by atoms with Crippen LogP contribution in [-0.4, -0.2) is 31.5 Å². The minimum Gasteiger partial charge on any atom is -0.468 e. The number of alkyl halides is 1. The Kier molecular flexibility index (Phi) is 27.6. The van der Waals surface area contributed by atoms with E-state index in [1.807, 2.05) is 6.92 Å². The van der Waals surface area contributed by atoms with E-state index in [9.17, 15) is 9.59 Å². The SMILES string of the molecule is CCCCCCCCCCCCCCCCCC(=O)OCC.COC(=O)CCl. The summed E-state index contributed by atoms with van der Waals surface area (Å²) < 4.78 is 9.05. The molecule has 0 unspecified atom stereocenters. The molecule has 0 amide bonds. The molecule has 0 atom stereocenters. The van der Waals surface area contributed by atoms with Gasteiger partial charge in [-0.2, -0.15) is 0 Å². The predicted octanol–water partition coefficient (Wildman–Crippen LogP) is 7.21. The fourth-order valence-corrected chi connectivity index (χ4v) is 3.04. The third-order valence-corrected chi connectivity index (χ3v) is 4.84. The number of methoxy groups -OCH3 is 1. The Morgan fingerprint density at radius 2 is 1.04 bits per heavy atom. The van der Waals surface area contributed by atoms with Gasteiger partial charge in [0.25, 0.3) is 0 Å². The van der Waals surface area contributed by atoms with Gasteiger partial charge in [0.15, 0.2) is 0 Å². The lowest BCUT2D eigenvalue weighted by atomic mass is 10.0. The largest absolute Gasteiger partial charge is 0.468 e. The molecule has 0 aromatic carbocycles. The Bertz CT molecular complexity index is 329. The Hall–Kier alpha value is -0.770. The van der Waals surface area contributed by atoms with Crippen molar-refractivity contribution < 1.29 is 19.1 Å². The summed E-state index contributed by atoms with van der Waals surface area (Å²) in [4.78, 5) is 21.0. The first kappa shape index (κ1) is 29.4. The summed E-state index contributed by atoms with van der Waals surface area (Å²) in [6.07, 6.45) is 21.0. The Balaban J connectivity index is 0. The molecule has 0 spiro atoms. The summed E-state index contributed by atoms with van der Waals surface area (Å²) >= 11 is 4.98. The zero-order valence-electron chi connectivity index (χ0n) is 18.7. The molecule has 0 rings (SSSR count). The van der Waals surface area contributed by atoms with Gasteiger partial charge in [-0.05, 0) is 13.3 Å². The summed E-state index contributed by atoms with van der Waals surface area (Å²) in [6, 6.07) is 0. The molecule has 28 heavy (non-hydrogen) atoms. The van der Waals surface area contributed by atoms with E-state index in [1.165, 1.54) is 97.0 Å². The highest BCUT2D eigenvalue weighted by molar-refractivity contribution is 6.26. The van der Waals surface area contributed by atoms with Gasteiger partial charge in [-0.15, -0.1) is 11.6 Å². The third-order valence-electron chi connectivity index (χ3n) is 4.63. The lowest BCUT2D eigenvalue weighted by Crippen LogP contribution is -2.03. The smallest absolute Gasteiger partial charge is 0.320 e. The highest BCUT2D eigenvalue weighted by Gasteiger charge is 2.00. The van der Waals surface area contributed by atoms with E-state index in [-0.39, 0.29) is 11.8 Å². The number of unbranched alkanes of at least 4 members (excludes halogenated alkanes) is 14. The van der Waals surface area contributed by atoms with E-state index in [0.29, 0.717) is 13.0 Å². The molecule has 0 saturated heterocycles. The molecule has 5 heteroatoms. The monoisotopic (exact) mass is 420 g/mol. The first-order valence-electron chi connectivity index (χ1n) is 11.4. The quantitative estimate of drug-likeness (QED) is 0.133. The Morgan fingerprint density at radius 1 is 0.643 bits per heavy atom. The van der Waals surface area contributed by atoms with Crippen molar-refractivity contribution in [2.24, 2.45) is 0 Å². The van der Waals surface area contributed by atoms with Gasteiger partial charge >= 0.3 is 11.9 Å². The van der Waals surface area contributed by atoms with E-state index < -0.39 is 5.97 Å². The minimum absolute atomic E-state index is 0.0304. The molecule has 0 aliphatic rings. The number of rotatable bonds is 18. The second kappa shape index (κ2) is 26.2. The van der Waals surface area contributed by atoms with Crippen LogP contribution >= 0.6 is 11.6 Å². The molecule has 0 aromatic heterocycles. The van der Waals surface area contributed by atoms with Crippen molar-refractivity contribution in [3.05, 3.63) is 0 Å². The minimum atomic E-state index is -0.392. The van der Waals surface area contributed by atoms with Crippen LogP contribution < -0.4 is 0 Å². The number of carbonyl (C=O) groups excluding carboxylic acids is 2. The van der Waals surface area contributed by atoms with Gasteiger partial charge in [0.05, 0.1) is 13.7 Å². The van der Waals surface area contributed by atoms with Crippen molar-refractivity contribution >= 4 is 23.5 Å². The molecule has 168 valence electrons. The van der Waals surface area contributed by atoms with Crippen LogP contribution in [0, 0.1) is 0 Å². The normalized spacial score (nSPS) is 10.1. The zero-order chi connectivity index (χ0) is 21.3. The molecule has 0 aromatic rings. The van der Waals surface area contributed by atoms with Crippen LogP contribution in [0.4, 0.5) is 0 Å². The van der Waals surface area contributed by atoms with E-state index in [2.05, 4.69) is 11.7 Å². The van der Waals surface area contributed by atoms with Crippen molar-refractivity contribution in [1.29, 1.82) is 0 Å². The third kappa shape index (κ3) is 27.4. The van der Waals surface area contributed by atoms with E-state index in [1.54, 1.807) is 0 Å². The first-order chi connectivity index (χ1) is 13.6. The van der Waals surface area contributed by atoms with Gasteiger partial charge in [0.2, 0.25) is 0 Å². The summed E-state index contributed by atoms with van der Waals surface area (Å²) in [5.74, 6) is -0.481. The molecular weight excluding hydrogens is 376 g/mol. The molecule has 0 radical (unpaired) electrons. The van der Waals surface area contributed by atoms with Crippen molar-refractivity contribution in [1.82, 2.24) is 0 Å². The van der Waals surface area contributed by atoms with Crippen molar-refractivity contribution in [2.75, 3.05) is 19.6 Å². The van der Waals surface area contributed by atoms with Crippen LogP contribution in [0.25, 0.3) is 0 Å². The zero-order valence-corrected chi connectivity index (χ0v) is 19.5. The fraction of sp³-hybridized carbons (Fsp3) is 0.913. The van der Waals surface area contributed by atoms with Crippen LogP contribution in [-0.2, 0) is 19.1 Å². The number of esters is 2. The van der Waals surface area contributed by atoms with Gasteiger partial charge in [-0.1, -0.05) is 96.8 Å². The van der Waals surface area contributed by atoms with Crippen molar-refractivity contribution in [2.45, 2.75) is 117 Å². The maximum atomic E-state index is 11.2. The number of hydrogen-bond acceptors (Lipinski definition) is 4. The van der Waals surface area contributed by atoms with Gasteiger partial charge in [0, 0.05) is 6.42 Å². The number of halogens is 1. The lowest BCUT2D eigenvalue weighted by Gasteiger charge is -2.03. The number of carbonyl (C=O) groups is 2. The molecular formula is C23H45ClO4. The topological polar surface area (TPSA) is 52.6 Å². The molecule has 0 aliphatic carbocycles. The second-order valence-electron chi connectivity index (χ2n) is 7.21. The second-order valence-corrected chi connectivity index (χ2v) is 7.48. The van der Waals surface area contributed by atoms with Gasteiger partial charge in [-0.25, -0.2) is 0 Å². The molecule has 0 aliphatic heterocycles. The summed E-state index contributed by atoms with van der Waals surface area (Å²) in [5, 5.41) is 0. The molecule has 0 fully saturated rings. The van der Waals surface area contributed by atoms with E-state index >= 15 is 0 Å². The lowest BCUT2D eigenvalue weighted by molar-refractivity contribution is -0.143. The van der Waals surface area contributed by atoms with Crippen LogP contribution in [0.2, 0.25) is 0 Å². The van der Waals surface area contributed by atoms with Crippen LogP contribution in [0.1, 0.15) is 117 Å². The van der Waals surface area contributed by atoms with Gasteiger partial charge in [0.1, 0.15) is 5.88 Å². The standard InChI is InChI=1S/C20H40O2.C3H5ClO2/c1-3-5-6-7-8-9-10-11-12-13-14-15-16-17-18-19-20(21)22-4-2;1-6-3(5)2-4/h3-19H2,1-2H3;2H2,1H3. The predicted molar refractivity (Wildman–Crippen MR) is 119 cm³/mol. The molecule has 0 saturated carbocycles. The summed E-state index contributed by atoms with van der Waals surface area (Å²) in [5.41, 5.74) is 0. The average molecular weight is 421 g/mol. The maximum Gasteiger partial charge on any atom is 0.320 e. The Labute approximate surface area is 179 Å². The van der Waals surface area contributed by atoms with Gasteiger partial charge < -0.3 is 9.47 Å². The van der Waals surface area contributed by atoms with Crippen LogP contribution in [0.15, 0.2) is 0 Å². The first-order valence-corrected chi connectivity index (χ1v) is 11.9. The highest BCUT2D eigenvalue weighted by atomic mass is 35.5. The Morgan fingerprint density at radius 3 is 1.32 bits per heavy atom. The summed E-state index contributed by atoms with van der Waals surface area (Å²) in [6.45, 7) is 4.66. The molecule has 0 heterocycles. The number of hydrogen-bond donors (Lipinski definition) is 0. The van der Waals surface area contributed by atoms with E-state index in [0.717, 1.165) is 6.42 Å². The fourth-order valence-electron chi connectivity index (χ4n) is 2.93. The molecule has 4 nitrogen and oxygen atoms in total. The summed E-state index contributed by atoms with van der Waals surface area (Å²) in [7, 11) is 1.30. The average Bonchev–Trinajstić information content (AvgIpc) is 2.71. The van der Waals surface area contributed by atoms with Crippen molar-refractivity contribution in [3.8, 4) is 0 Å².